The Labute approximate surface area is 196 Å². The maximum Gasteiger partial charge on any atom is 0.252 e. The number of benzene rings is 1. The number of pyridine rings is 1. The topological polar surface area (TPSA) is 71.3 Å². The Kier molecular flexibility index (Phi) is 8.54. The summed E-state index contributed by atoms with van der Waals surface area (Å²) in [5.41, 5.74) is 2.49. The predicted molar refractivity (Wildman–Crippen MR) is 132 cm³/mol. The molecule has 8 heteroatoms. The van der Waals surface area contributed by atoms with Gasteiger partial charge in [0.2, 0.25) is 0 Å². The minimum Gasteiger partial charge on any atom is -0.497 e. The molecule has 1 amide bonds. The van der Waals surface area contributed by atoms with Crippen LogP contribution in [0.15, 0.2) is 42.6 Å². The first-order valence-corrected chi connectivity index (χ1v) is 11.4. The third-order valence-corrected chi connectivity index (χ3v) is 5.47. The van der Waals surface area contributed by atoms with E-state index in [-0.39, 0.29) is 5.91 Å². The Morgan fingerprint density at radius 1 is 1.06 bits per heavy atom. The zero-order valence-electron chi connectivity index (χ0n) is 20.3. The fraction of sp³-hybridized carbons (Fsp3) is 0.440. The molecule has 0 aliphatic heterocycles. The van der Waals surface area contributed by atoms with Gasteiger partial charge in [0, 0.05) is 25.8 Å². The van der Waals surface area contributed by atoms with Gasteiger partial charge >= 0.3 is 0 Å². The number of aryl methyl sites for hydroxylation is 1. The number of likely N-dealkylation sites (N-methyl/N-ethyl adjacent to an activating group) is 2. The third kappa shape index (κ3) is 6.16. The highest BCUT2D eigenvalue weighted by Crippen LogP contribution is 2.24. The van der Waals surface area contributed by atoms with Crippen LogP contribution in [0.25, 0.3) is 5.65 Å². The van der Waals surface area contributed by atoms with Crippen molar-refractivity contribution in [1.29, 1.82) is 0 Å². The van der Waals surface area contributed by atoms with Crippen molar-refractivity contribution in [3.05, 3.63) is 53.9 Å². The molecule has 0 fully saturated rings. The second-order valence-corrected chi connectivity index (χ2v) is 8.04. The summed E-state index contributed by atoms with van der Waals surface area (Å²) in [7, 11) is 5.77. The van der Waals surface area contributed by atoms with Crippen LogP contribution in [0, 0.1) is 0 Å². The summed E-state index contributed by atoms with van der Waals surface area (Å²) in [6.45, 7) is 7.75. The van der Waals surface area contributed by atoms with E-state index in [9.17, 15) is 4.79 Å². The summed E-state index contributed by atoms with van der Waals surface area (Å²) in [4.78, 5) is 22.1. The maximum absolute atomic E-state index is 12.8. The average Bonchev–Trinajstić information content (AvgIpc) is 3.20. The Balaban J connectivity index is 1.68. The van der Waals surface area contributed by atoms with E-state index >= 15 is 0 Å². The Hall–Kier alpha value is -3.26. The minimum absolute atomic E-state index is 0.135. The van der Waals surface area contributed by atoms with Crippen molar-refractivity contribution in [2.45, 2.75) is 20.3 Å². The molecule has 1 aromatic carbocycles. The summed E-state index contributed by atoms with van der Waals surface area (Å²) >= 11 is 0. The average molecular weight is 454 g/mol. The highest BCUT2D eigenvalue weighted by Gasteiger charge is 2.18. The van der Waals surface area contributed by atoms with Crippen LogP contribution in [-0.4, -0.2) is 74.2 Å². The van der Waals surface area contributed by atoms with Gasteiger partial charge in [0.1, 0.15) is 29.6 Å². The lowest BCUT2D eigenvalue weighted by atomic mass is 10.2. The summed E-state index contributed by atoms with van der Waals surface area (Å²) in [5, 5.41) is 2.94. The normalized spacial score (nSPS) is 11.1. The van der Waals surface area contributed by atoms with Crippen molar-refractivity contribution in [3.63, 3.8) is 0 Å². The quantitative estimate of drug-likeness (QED) is 0.425. The summed E-state index contributed by atoms with van der Waals surface area (Å²) in [5.74, 6) is 2.44. The van der Waals surface area contributed by atoms with Gasteiger partial charge in [-0.05, 0) is 63.8 Å². The number of ether oxygens (including phenoxy) is 2. The zero-order valence-corrected chi connectivity index (χ0v) is 20.3. The first-order valence-electron chi connectivity index (χ1n) is 11.4. The Morgan fingerprint density at radius 2 is 1.79 bits per heavy atom. The van der Waals surface area contributed by atoms with E-state index in [1.165, 1.54) is 0 Å². The molecule has 0 saturated carbocycles. The zero-order chi connectivity index (χ0) is 23.8. The van der Waals surface area contributed by atoms with Crippen LogP contribution >= 0.6 is 0 Å². The van der Waals surface area contributed by atoms with Crippen molar-refractivity contribution in [1.82, 2.24) is 19.6 Å². The fourth-order valence-electron chi connectivity index (χ4n) is 3.63. The largest absolute Gasteiger partial charge is 0.497 e. The van der Waals surface area contributed by atoms with Crippen molar-refractivity contribution < 1.29 is 14.3 Å². The molecule has 8 nitrogen and oxygen atoms in total. The molecule has 178 valence electrons. The van der Waals surface area contributed by atoms with Crippen LogP contribution in [0.4, 0.5) is 5.82 Å². The van der Waals surface area contributed by atoms with Crippen LogP contribution < -0.4 is 19.7 Å². The third-order valence-electron chi connectivity index (χ3n) is 5.47. The van der Waals surface area contributed by atoms with Crippen molar-refractivity contribution in [3.8, 4) is 11.5 Å². The van der Waals surface area contributed by atoms with Gasteiger partial charge in [-0.3, -0.25) is 9.20 Å². The van der Waals surface area contributed by atoms with Gasteiger partial charge in [-0.15, -0.1) is 0 Å². The second kappa shape index (κ2) is 11.6. The van der Waals surface area contributed by atoms with Crippen LogP contribution in [0.5, 0.6) is 11.5 Å². The monoisotopic (exact) mass is 453 g/mol. The molecule has 2 aromatic heterocycles. The van der Waals surface area contributed by atoms with Gasteiger partial charge in [-0.1, -0.05) is 6.92 Å². The first kappa shape index (κ1) is 24.4. The van der Waals surface area contributed by atoms with Crippen LogP contribution in [-0.2, 0) is 6.42 Å². The smallest absolute Gasteiger partial charge is 0.252 e. The number of rotatable bonds is 12. The maximum atomic E-state index is 12.8. The molecular formula is C25H35N5O3. The number of amides is 1. The summed E-state index contributed by atoms with van der Waals surface area (Å²) in [6.07, 6.45) is 2.72. The van der Waals surface area contributed by atoms with E-state index in [0.29, 0.717) is 18.7 Å². The lowest BCUT2D eigenvalue weighted by Gasteiger charge is -2.25. The summed E-state index contributed by atoms with van der Waals surface area (Å²) in [6, 6.07) is 11.1. The molecule has 0 unspecified atom stereocenters. The molecule has 0 spiro atoms. The van der Waals surface area contributed by atoms with Crippen LogP contribution in [0.2, 0.25) is 0 Å². The molecule has 0 aliphatic carbocycles. The number of carbonyl (C=O) groups is 1. The number of aromatic nitrogens is 2. The molecule has 1 N–H and O–H groups in total. The number of anilines is 1. The predicted octanol–water partition coefficient (Wildman–Crippen LogP) is 3.10. The van der Waals surface area contributed by atoms with Gasteiger partial charge < -0.3 is 24.6 Å². The standard InChI is InChI=1S/C25H35N5O3/c1-6-22-25(29(7-2)16-15-28(3)4)30-18-19(8-13-23(30)27-22)24(31)26-14-17-33-21-11-9-20(32-5)10-12-21/h8-13,18H,6-7,14-17H2,1-5H3,(H,26,31). The SMILES string of the molecule is CCc1nc2ccc(C(=O)NCCOc3ccc(OC)cc3)cn2c1N(CC)CCN(C)C. The molecule has 3 rings (SSSR count). The minimum atomic E-state index is -0.135. The number of hydrogen-bond donors (Lipinski definition) is 1. The van der Waals surface area contributed by atoms with Gasteiger partial charge in [0.25, 0.3) is 5.91 Å². The van der Waals surface area contributed by atoms with E-state index in [0.717, 1.165) is 54.7 Å². The van der Waals surface area contributed by atoms with E-state index < -0.39 is 0 Å². The van der Waals surface area contributed by atoms with Gasteiger partial charge in [0.05, 0.1) is 24.9 Å². The molecule has 0 saturated heterocycles. The molecule has 3 aromatic rings. The number of methoxy groups -OCH3 is 1. The number of imidazole rings is 1. The number of carbonyl (C=O) groups excluding carboxylic acids is 1. The molecule has 0 atom stereocenters. The molecule has 0 radical (unpaired) electrons. The summed E-state index contributed by atoms with van der Waals surface area (Å²) < 4.78 is 12.9. The van der Waals surface area contributed by atoms with Gasteiger partial charge in [-0.2, -0.15) is 0 Å². The molecule has 0 aliphatic rings. The highest BCUT2D eigenvalue weighted by molar-refractivity contribution is 5.94. The first-order chi connectivity index (χ1) is 16.0. The lowest BCUT2D eigenvalue weighted by Crippen LogP contribution is -2.33. The molecule has 2 heterocycles. The Bertz CT molecular complexity index is 1050. The fourth-order valence-corrected chi connectivity index (χ4v) is 3.63. The Morgan fingerprint density at radius 3 is 2.42 bits per heavy atom. The second-order valence-electron chi connectivity index (χ2n) is 8.04. The number of nitrogens with one attached hydrogen (secondary N) is 1. The van der Waals surface area contributed by atoms with Crippen molar-refractivity contribution in [2.24, 2.45) is 0 Å². The van der Waals surface area contributed by atoms with E-state index in [1.54, 1.807) is 7.11 Å². The highest BCUT2D eigenvalue weighted by atomic mass is 16.5. The lowest BCUT2D eigenvalue weighted by molar-refractivity contribution is 0.0946. The molecule has 0 bridgehead atoms. The van der Waals surface area contributed by atoms with E-state index in [1.807, 2.05) is 47.0 Å². The molecule has 33 heavy (non-hydrogen) atoms. The van der Waals surface area contributed by atoms with Gasteiger partial charge in [0.15, 0.2) is 0 Å². The number of hydrogen-bond acceptors (Lipinski definition) is 6. The van der Waals surface area contributed by atoms with Crippen LogP contribution in [0.3, 0.4) is 0 Å². The molecular weight excluding hydrogens is 418 g/mol. The van der Waals surface area contributed by atoms with Crippen molar-refractivity contribution in [2.75, 3.05) is 58.9 Å². The van der Waals surface area contributed by atoms with Gasteiger partial charge in [-0.25, -0.2) is 4.98 Å². The number of fused-ring (bicyclic) bond motifs is 1. The van der Waals surface area contributed by atoms with Crippen molar-refractivity contribution >= 4 is 17.4 Å². The number of nitrogens with zero attached hydrogens (tertiary/aromatic N) is 4. The van der Waals surface area contributed by atoms with E-state index in [2.05, 4.69) is 43.1 Å². The van der Waals surface area contributed by atoms with Crippen LogP contribution in [0.1, 0.15) is 29.9 Å². The van der Waals surface area contributed by atoms with E-state index in [4.69, 9.17) is 14.5 Å².